The molecule has 0 spiro atoms. The molecule has 0 bridgehead atoms. The van der Waals surface area contributed by atoms with Crippen molar-refractivity contribution in [1.82, 2.24) is 9.38 Å². The van der Waals surface area contributed by atoms with Gasteiger partial charge in [-0.2, -0.15) is 0 Å². The number of carbonyl (C=O) groups excluding carboxylic acids is 2. The van der Waals surface area contributed by atoms with Gasteiger partial charge in [-0.25, -0.2) is 13.8 Å². The van der Waals surface area contributed by atoms with Crippen molar-refractivity contribution in [2.24, 2.45) is 0 Å². The molecule has 30 heavy (non-hydrogen) atoms. The van der Waals surface area contributed by atoms with Gasteiger partial charge in [-0.3, -0.25) is 14.0 Å². The molecular weight excluding hydrogens is 392 g/mol. The highest BCUT2D eigenvalue weighted by atomic mass is 19.1. The second-order valence-corrected chi connectivity index (χ2v) is 6.45. The number of ketones is 2. The van der Waals surface area contributed by atoms with Gasteiger partial charge in [-0.05, 0) is 36.4 Å². The third kappa shape index (κ3) is 3.08. The van der Waals surface area contributed by atoms with E-state index in [2.05, 4.69) is 4.98 Å². The molecule has 0 saturated carbocycles. The summed E-state index contributed by atoms with van der Waals surface area (Å²) < 4.78 is 34.7. The Kier molecular flexibility index (Phi) is 4.75. The van der Waals surface area contributed by atoms with Crippen molar-refractivity contribution in [3.05, 3.63) is 94.8 Å². The molecule has 6 nitrogen and oxygen atoms in total. The summed E-state index contributed by atoms with van der Waals surface area (Å²) in [5.74, 6) is -2.99. The molecule has 0 radical (unpaired) electrons. The zero-order valence-corrected chi connectivity index (χ0v) is 15.7. The predicted molar refractivity (Wildman–Crippen MR) is 106 cm³/mol. The zero-order chi connectivity index (χ0) is 21.4. The molecule has 0 saturated heterocycles. The molecule has 2 aromatic carbocycles. The van der Waals surface area contributed by atoms with E-state index in [1.807, 2.05) is 0 Å². The fraction of sp³-hybridized carbons (Fsp3) is 0.0455. The van der Waals surface area contributed by atoms with E-state index in [1.165, 1.54) is 35.9 Å². The summed E-state index contributed by atoms with van der Waals surface area (Å²) in [6.07, 6.45) is 1.29. The number of para-hydroxylation sites is 1. The summed E-state index contributed by atoms with van der Waals surface area (Å²) in [6, 6.07) is 12.6. The van der Waals surface area contributed by atoms with Gasteiger partial charge >= 0.3 is 0 Å². The van der Waals surface area contributed by atoms with Crippen molar-refractivity contribution in [1.29, 1.82) is 0 Å². The molecule has 0 atom stereocenters. The number of benzene rings is 2. The molecule has 0 amide bonds. The second-order valence-electron chi connectivity index (χ2n) is 6.45. The number of rotatable bonds is 5. The van der Waals surface area contributed by atoms with Gasteiger partial charge in [0.2, 0.25) is 5.78 Å². The lowest BCUT2D eigenvalue weighted by Gasteiger charge is -2.09. The summed E-state index contributed by atoms with van der Waals surface area (Å²) in [5, 5.41) is 0. The summed E-state index contributed by atoms with van der Waals surface area (Å²) in [5.41, 5.74) is 5.83. The fourth-order valence-corrected chi connectivity index (χ4v) is 3.24. The van der Waals surface area contributed by atoms with Crippen LogP contribution in [-0.2, 0) is 0 Å². The van der Waals surface area contributed by atoms with E-state index in [1.54, 1.807) is 24.3 Å². The molecule has 2 aromatic heterocycles. The van der Waals surface area contributed by atoms with Crippen LogP contribution in [0.25, 0.3) is 5.65 Å². The largest absolute Gasteiger partial charge is 0.496 e. The average molecular weight is 407 g/mol. The molecule has 0 aliphatic carbocycles. The number of fused-ring (bicyclic) bond motifs is 1. The lowest BCUT2D eigenvalue weighted by atomic mass is 10.0. The lowest BCUT2D eigenvalue weighted by Crippen LogP contribution is -2.12. The molecular formula is C22H15F2N3O3. The Bertz CT molecular complexity index is 1290. The van der Waals surface area contributed by atoms with Gasteiger partial charge in [-0.15, -0.1) is 0 Å². The molecule has 0 fully saturated rings. The van der Waals surface area contributed by atoms with Crippen LogP contribution in [0, 0.1) is 11.6 Å². The lowest BCUT2D eigenvalue weighted by molar-refractivity contribution is 0.101. The van der Waals surface area contributed by atoms with E-state index in [0.29, 0.717) is 11.4 Å². The summed E-state index contributed by atoms with van der Waals surface area (Å²) in [6.45, 7) is 0. The van der Waals surface area contributed by atoms with Crippen molar-refractivity contribution < 1.29 is 23.1 Å². The van der Waals surface area contributed by atoms with E-state index in [9.17, 15) is 18.4 Å². The first-order valence-corrected chi connectivity index (χ1v) is 8.86. The van der Waals surface area contributed by atoms with E-state index >= 15 is 0 Å². The monoisotopic (exact) mass is 407 g/mol. The van der Waals surface area contributed by atoms with Crippen LogP contribution in [0.2, 0.25) is 0 Å². The second kappa shape index (κ2) is 7.40. The summed E-state index contributed by atoms with van der Waals surface area (Å²) >= 11 is 0. The highest BCUT2D eigenvalue weighted by molar-refractivity contribution is 6.13. The standard InChI is InChI=1S/C22H15F2N3O3/c1-30-16-8-3-2-5-13(16)21(29)19-22(25)26-17-10-9-12(11-27(17)19)20(28)18-14(23)6-4-7-15(18)24/h2-11H,25H2,1H3. The minimum atomic E-state index is -0.976. The number of aromatic nitrogens is 2. The van der Waals surface area contributed by atoms with E-state index in [-0.39, 0.29) is 22.6 Å². The zero-order valence-electron chi connectivity index (χ0n) is 15.7. The molecule has 0 aliphatic rings. The Morgan fingerprint density at radius 3 is 2.37 bits per heavy atom. The molecule has 4 aromatic rings. The number of ether oxygens (including phenoxy) is 1. The highest BCUT2D eigenvalue weighted by Crippen LogP contribution is 2.26. The first-order valence-electron chi connectivity index (χ1n) is 8.86. The van der Waals surface area contributed by atoms with Crippen molar-refractivity contribution in [3.63, 3.8) is 0 Å². The SMILES string of the molecule is COc1ccccc1C(=O)c1c(N)nc2ccc(C(=O)c3c(F)cccc3F)cn12. The third-order valence-corrected chi connectivity index (χ3v) is 4.66. The van der Waals surface area contributed by atoms with Gasteiger partial charge in [0.05, 0.1) is 18.2 Å². The Labute approximate surface area is 169 Å². The number of hydrogen-bond acceptors (Lipinski definition) is 5. The molecule has 4 rings (SSSR count). The summed E-state index contributed by atoms with van der Waals surface area (Å²) in [7, 11) is 1.43. The molecule has 0 aliphatic heterocycles. The van der Waals surface area contributed by atoms with Gasteiger partial charge in [0.1, 0.15) is 28.7 Å². The van der Waals surface area contributed by atoms with E-state index < -0.39 is 28.8 Å². The molecule has 8 heteroatoms. The summed E-state index contributed by atoms with van der Waals surface area (Å²) in [4.78, 5) is 30.0. The number of halogens is 2. The Balaban J connectivity index is 1.86. The fourth-order valence-electron chi connectivity index (χ4n) is 3.24. The number of imidazole rings is 1. The van der Waals surface area contributed by atoms with Crippen molar-refractivity contribution in [2.45, 2.75) is 0 Å². The minimum absolute atomic E-state index is 0.0122. The van der Waals surface area contributed by atoms with Gasteiger partial charge in [0, 0.05) is 11.8 Å². The first kappa shape index (κ1) is 19.3. The quantitative estimate of drug-likeness (QED) is 0.510. The molecule has 2 N–H and O–H groups in total. The van der Waals surface area contributed by atoms with Gasteiger partial charge in [0.25, 0.3) is 0 Å². The van der Waals surface area contributed by atoms with Crippen molar-refractivity contribution in [3.8, 4) is 5.75 Å². The number of pyridine rings is 1. The van der Waals surface area contributed by atoms with Crippen molar-refractivity contribution in [2.75, 3.05) is 12.8 Å². The number of nitrogen functional groups attached to an aromatic ring is 1. The molecule has 0 unspecified atom stereocenters. The molecule has 2 heterocycles. The smallest absolute Gasteiger partial charge is 0.217 e. The van der Waals surface area contributed by atoms with Crippen LogP contribution < -0.4 is 10.5 Å². The maximum atomic E-state index is 14.0. The average Bonchev–Trinajstić information content (AvgIpc) is 3.07. The molecule has 150 valence electrons. The van der Waals surface area contributed by atoms with Gasteiger partial charge < -0.3 is 10.5 Å². The van der Waals surface area contributed by atoms with Crippen LogP contribution in [0.4, 0.5) is 14.6 Å². The number of anilines is 1. The number of nitrogens with two attached hydrogens (primary N) is 1. The first-order chi connectivity index (χ1) is 14.4. The number of methoxy groups -OCH3 is 1. The Hall–Kier alpha value is -4.07. The van der Waals surface area contributed by atoms with Crippen LogP contribution in [0.5, 0.6) is 5.75 Å². The minimum Gasteiger partial charge on any atom is -0.496 e. The van der Waals surface area contributed by atoms with Crippen LogP contribution in [-0.4, -0.2) is 28.1 Å². The van der Waals surface area contributed by atoms with E-state index in [0.717, 1.165) is 12.1 Å². The normalized spacial score (nSPS) is 10.9. The number of carbonyl (C=O) groups is 2. The highest BCUT2D eigenvalue weighted by Gasteiger charge is 2.24. The van der Waals surface area contributed by atoms with Crippen LogP contribution >= 0.6 is 0 Å². The van der Waals surface area contributed by atoms with E-state index in [4.69, 9.17) is 10.5 Å². The predicted octanol–water partition coefficient (Wildman–Crippen LogP) is 3.67. The van der Waals surface area contributed by atoms with Crippen molar-refractivity contribution >= 4 is 23.0 Å². The van der Waals surface area contributed by atoms with Gasteiger partial charge in [-0.1, -0.05) is 18.2 Å². The van der Waals surface area contributed by atoms with Crippen LogP contribution in [0.1, 0.15) is 32.0 Å². The van der Waals surface area contributed by atoms with Gasteiger partial charge in [0.15, 0.2) is 11.6 Å². The Morgan fingerprint density at radius 2 is 1.67 bits per heavy atom. The third-order valence-electron chi connectivity index (χ3n) is 4.66. The maximum Gasteiger partial charge on any atom is 0.217 e. The Morgan fingerprint density at radius 1 is 0.967 bits per heavy atom. The topological polar surface area (TPSA) is 86.7 Å². The van der Waals surface area contributed by atoms with Crippen LogP contribution in [0.3, 0.4) is 0 Å². The number of hydrogen-bond donors (Lipinski definition) is 1. The number of nitrogens with zero attached hydrogens (tertiary/aromatic N) is 2. The van der Waals surface area contributed by atoms with Crippen LogP contribution in [0.15, 0.2) is 60.8 Å². The maximum absolute atomic E-state index is 14.0.